The summed E-state index contributed by atoms with van der Waals surface area (Å²) in [5, 5.41) is 11.2. The van der Waals surface area contributed by atoms with E-state index in [0.717, 1.165) is 10.4 Å². The Hall–Kier alpha value is -1.56. The van der Waals surface area contributed by atoms with E-state index in [1.165, 1.54) is 5.56 Å². The van der Waals surface area contributed by atoms with Gasteiger partial charge in [-0.25, -0.2) is 0 Å². The van der Waals surface area contributed by atoms with E-state index >= 15 is 0 Å². The first-order chi connectivity index (χ1) is 10.1. The number of nitrogens with two attached hydrogens (primary N) is 1. The third-order valence-corrected chi connectivity index (χ3v) is 4.38. The highest BCUT2D eigenvalue weighted by molar-refractivity contribution is 7.10. The second-order valence-electron chi connectivity index (χ2n) is 5.01. The highest BCUT2D eigenvalue weighted by atomic mass is 32.1. The predicted molar refractivity (Wildman–Crippen MR) is 85.0 cm³/mol. The number of rotatable bonds is 6. The number of hydrogen-bond donors (Lipinski definition) is 2. The largest absolute Gasteiger partial charge is 0.493 e. The van der Waals surface area contributed by atoms with Crippen LogP contribution in [-0.2, 0) is 6.61 Å². The molecule has 2 atom stereocenters. The summed E-state index contributed by atoms with van der Waals surface area (Å²) in [6.45, 7) is 3.95. The van der Waals surface area contributed by atoms with Crippen LogP contribution in [0, 0.1) is 6.92 Å². The molecule has 0 radical (unpaired) electrons. The first-order valence-corrected chi connectivity index (χ1v) is 7.68. The van der Waals surface area contributed by atoms with Crippen molar-refractivity contribution in [1.82, 2.24) is 0 Å². The number of methoxy groups -OCH3 is 1. The van der Waals surface area contributed by atoms with Crippen LogP contribution in [0.25, 0.3) is 0 Å². The van der Waals surface area contributed by atoms with E-state index in [4.69, 9.17) is 15.2 Å². The van der Waals surface area contributed by atoms with E-state index in [2.05, 4.69) is 13.0 Å². The van der Waals surface area contributed by atoms with Crippen molar-refractivity contribution in [2.45, 2.75) is 32.6 Å². The number of aryl methyl sites for hydroxylation is 1. The SMILES string of the molecule is COc1cc(CO)ccc1OC(c1sccc1C)C(C)N. The molecule has 3 N–H and O–H groups in total. The first kappa shape index (κ1) is 15.8. The Labute approximate surface area is 129 Å². The van der Waals surface area contributed by atoms with Crippen molar-refractivity contribution < 1.29 is 14.6 Å². The fourth-order valence-electron chi connectivity index (χ4n) is 2.12. The Morgan fingerprint density at radius 1 is 1.29 bits per heavy atom. The molecule has 0 aliphatic carbocycles. The number of aliphatic hydroxyl groups is 1. The Kier molecular flexibility index (Phi) is 5.22. The van der Waals surface area contributed by atoms with Gasteiger partial charge >= 0.3 is 0 Å². The van der Waals surface area contributed by atoms with Crippen LogP contribution >= 0.6 is 11.3 Å². The monoisotopic (exact) mass is 307 g/mol. The fraction of sp³-hybridized carbons (Fsp3) is 0.375. The normalized spacial score (nSPS) is 13.8. The van der Waals surface area contributed by atoms with Gasteiger partial charge in [0.05, 0.1) is 13.7 Å². The highest BCUT2D eigenvalue weighted by Crippen LogP contribution is 2.35. The number of thiophene rings is 1. The molecule has 0 aliphatic heterocycles. The third kappa shape index (κ3) is 3.56. The lowest BCUT2D eigenvalue weighted by Gasteiger charge is -2.23. The summed E-state index contributed by atoms with van der Waals surface area (Å²) in [6, 6.07) is 7.31. The van der Waals surface area contributed by atoms with Gasteiger partial charge in [0.1, 0.15) is 6.10 Å². The van der Waals surface area contributed by atoms with Crippen molar-refractivity contribution in [1.29, 1.82) is 0 Å². The molecule has 1 aromatic carbocycles. The van der Waals surface area contributed by atoms with Gasteiger partial charge in [0.2, 0.25) is 0 Å². The Morgan fingerprint density at radius 2 is 2.05 bits per heavy atom. The number of hydrogen-bond acceptors (Lipinski definition) is 5. The van der Waals surface area contributed by atoms with Crippen molar-refractivity contribution in [3.8, 4) is 11.5 Å². The molecule has 5 heteroatoms. The summed E-state index contributed by atoms with van der Waals surface area (Å²) in [7, 11) is 1.58. The molecule has 2 rings (SSSR count). The van der Waals surface area contributed by atoms with E-state index < -0.39 is 0 Å². The fourth-order valence-corrected chi connectivity index (χ4v) is 3.19. The molecule has 2 unspecified atom stereocenters. The van der Waals surface area contributed by atoms with Gasteiger partial charge in [0.25, 0.3) is 0 Å². The smallest absolute Gasteiger partial charge is 0.162 e. The number of ether oxygens (including phenoxy) is 2. The first-order valence-electron chi connectivity index (χ1n) is 6.80. The molecule has 0 saturated carbocycles. The lowest BCUT2D eigenvalue weighted by molar-refractivity contribution is 0.176. The van der Waals surface area contributed by atoms with E-state index in [9.17, 15) is 5.11 Å². The maximum Gasteiger partial charge on any atom is 0.162 e. The molecule has 0 aliphatic rings. The van der Waals surface area contributed by atoms with Gasteiger partial charge in [0, 0.05) is 10.9 Å². The summed E-state index contributed by atoms with van der Waals surface area (Å²) < 4.78 is 11.4. The Morgan fingerprint density at radius 3 is 2.57 bits per heavy atom. The van der Waals surface area contributed by atoms with Crippen LogP contribution in [0.2, 0.25) is 0 Å². The molecule has 114 valence electrons. The van der Waals surface area contributed by atoms with E-state index in [1.807, 2.05) is 24.4 Å². The van der Waals surface area contributed by atoms with Gasteiger partial charge in [-0.05, 0) is 48.6 Å². The lowest BCUT2D eigenvalue weighted by Crippen LogP contribution is -2.29. The molecule has 0 spiro atoms. The molecule has 4 nitrogen and oxygen atoms in total. The summed E-state index contributed by atoms with van der Waals surface area (Å²) in [5.41, 5.74) is 8.05. The van der Waals surface area contributed by atoms with Gasteiger partial charge in [0.15, 0.2) is 11.5 Å². The van der Waals surface area contributed by atoms with Gasteiger partial charge in [-0.1, -0.05) is 6.07 Å². The summed E-state index contributed by atoms with van der Waals surface area (Å²) in [6.07, 6.45) is -0.223. The van der Waals surface area contributed by atoms with Gasteiger partial charge in [-0.3, -0.25) is 0 Å². The maximum absolute atomic E-state index is 9.19. The van der Waals surface area contributed by atoms with Crippen molar-refractivity contribution in [2.75, 3.05) is 7.11 Å². The zero-order valence-electron chi connectivity index (χ0n) is 12.5. The molecular formula is C16H21NO3S. The third-order valence-electron chi connectivity index (χ3n) is 3.30. The molecule has 0 saturated heterocycles. The standard InChI is InChI=1S/C16H21NO3S/c1-10-6-7-21-16(10)15(11(2)17)20-13-5-4-12(9-18)8-14(13)19-3/h4-8,11,15,18H,9,17H2,1-3H3. The van der Waals surface area contributed by atoms with Crippen molar-refractivity contribution in [3.05, 3.63) is 45.6 Å². The van der Waals surface area contributed by atoms with Crippen molar-refractivity contribution in [3.63, 3.8) is 0 Å². The molecule has 21 heavy (non-hydrogen) atoms. The topological polar surface area (TPSA) is 64.7 Å². The van der Waals surface area contributed by atoms with Gasteiger partial charge in [-0.15, -0.1) is 11.3 Å². The Balaban J connectivity index is 2.31. The maximum atomic E-state index is 9.19. The van der Waals surface area contributed by atoms with Crippen molar-refractivity contribution in [2.24, 2.45) is 5.73 Å². The predicted octanol–water partition coefficient (Wildman–Crippen LogP) is 3.02. The molecule has 0 fully saturated rings. The minimum absolute atomic E-state index is 0.0304. The van der Waals surface area contributed by atoms with Crippen LogP contribution in [0.5, 0.6) is 11.5 Å². The lowest BCUT2D eigenvalue weighted by atomic mass is 10.1. The molecule has 1 aromatic heterocycles. The van der Waals surface area contributed by atoms with Crippen LogP contribution in [0.4, 0.5) is 0 Å². The van der Waals surface area contributed by atoms with Gasteiger partial charge < -0.3 is 20.3 Å². The summed E-state index contributed by atoms with van der Waals surface area (Å²) in [4.78, 5) is 1.12. The number of aliphatic hydroxyl groups excluding tert-OH is 1. The van der Waals surface area contributed by atoms with E-state index in [-0.39, 0.29) is 18.8 Å². The molecule has 0 amide bonds. The van der Waals surface area contributed by atoms with Gasteiger partial charge in [-0.2, -0.15) is 0 Å². The molecular weight excluding hydrogens is 286 g/mol. The van der Waals surface area contributed by atoms with Crippen LogP contribution in [0.3, 0.4) is 0 Å². The zero-order valence-corrected chi connectivity index (χ0v) is 13.3. The molecule has 1 heterocycles. The minimum atomic E-state index is -0.223. The van der Waals surface area contributed by atoms with Crippen LogP contribution in [0.1, 0.15) is 29.0 Å². The average molecular weight is 307 g/mol. The molecule has 2 aromatic rings. The zero-order chi connectivity index (χ0) is 15.4. The summed E-state index contributed by atoms with van der Waals surface area (Å²) >= 11 is 1.64. The number of benzene rings is 1. The van der Waals surface area contributed by atoms with Crippen molar-refractivity contribution >= 4 is 11.3 Å². The highest BCUT2D eigenvalue weighted by Gasteiger charge is 2.23. The molecule has 0 bridgehead atoms. The summed E-state index contributed by atoms with van der Waals surface area (Å²) in [5.74, 6) is 1.23. The average Bonchev–Trinajstić information content (AvgIpc) is 2.90. The quantitative estimate of drug-likeness (QED) is 0.861. The van der Waals surface area contributed by atoms with Crippen LogP contribution < -0.4 is 15.2 Å². The second kappa shape index (κ2) is 6.93. The van der Waals surface area contributed by atoms with Crippen LogP contribution in [-0.4, -0.2) is 18.3 Å². The van der Waals surface area contributed by atoms with E-state index in [1.54, 1.807) is 24.5 Å². The van der Waals surface area contributed by atoms with E-state index in [0.29, 0.717) is 11.5 Å². The second-order valence-corrected chi connectivity index (χ2v) is 5.96. The minimum Gasteiger partial charge on any atom is -0.493 e. The Bertz CT molecular complexity index is 595. The van der Waals surface area contributed by atoms with Crippen LogP contribution in [0.15, 0.2) is 29.6 Å².